The number of nitrogens with zero attached hydrogens (tertiary/aromatic N) is 2. The number of benzene rings is 1. The van der Waals surface area contributed by atoms with E-state index >= 15 is 0 Å². The number of anilines is 1. The fraction of sp³-hybridized carbons (Fsp3) is 0.562. The van der Waals surface area contributed by atoms with Crippen LogP contribution in [0.5, 0.6) is 0 Å². The molecule has 1 N–H and O–H groups in total. The van der Waals surface area contributed by atoms with Gasteiger partial charge in [-0.3, -0.25) is 4.79 Å². The molecule has 0 saturated heterocycles. The van der Waals surface area contributed by atoms with Crippen molar-refractivity contribution in [3.63, 3.8) is 0 Å². The molecule has 0 radical (unpaired) electrons. The standard InChI is InChI=1S/C16H26N2O2/c1-5-17(6-2)15-9-7-14(8-10-15)16(20)18(11-12-19)13(3)4/h7-10,13,19H,5-6,11-12H2,1-4H3. The van der Waals surface area contributed by atoms with E-state index in [1.54, 1.807) is 4.90 Å². The zero-order valence-electron chi connectivity index (χ0n) is 13.0. The highest BCUT2D eigenvalue weighted by Gasteiger charge is 2.18. The molecule has 0 saturated carbocycles. The van der Waals surface area contributed by atoms with Gasteiger partial charge in [-0.1, -0.05) is 0 Å². The largest absolute Gasteiger partial charge is 0.395 e. The summed E-state index contributed by atoms with van der Waals surface area (Å²) in [5, 5.41) is 9.06. The van der Waals surface area contributed by atoms with Crippen molar-refractivity contribution in [3.05, 3.63) is 29.8 Å². The van der Waals surface area contributed by atoms with Gasteiger partial charge in [-0.2, -0.15) is 0 Å². The Bertz CT molecular complexity index is 411. The molecule has 0 aliphatic rings. The van der Waals surface area contributed by atoms with Crippen LogP contribution in [0.15, 0.2) is 24.3 Å². The molecule has 4 nitrogen and oxygen atoms in total. The van der Waals surface area contributed by atoms with Crippen molar-refractivity contribution < 1.29 is 9.90 Å². The van der Waals surface area contributed by atoms with Crippen molar-refractivity contribution in [2.75, 3.05) is 31.1 Å². The van der Waals surface area contributed by atoms with Crippen LogP contribution in [0, 0.1) is 0 Å². The van der Waals surface area contributed by atoms with E-state index in [-0.39, 0.29) is 18.6 Å². The van der Waals surface area contributed by atoms with Gasteiger partial charge in [0.1, 0.15) is 0 Å². The number of aliphatic hydroxyl groups is 1. The lowest BCUT2D eigenvalue weighted by Crippen LogP contribution is -2.39. The second kappa shape index (κ2) is 7.90. The van der Waals surface area contributed by atoms with Gasteiger partial charge < -0.3 is 14.9 Å². The molecule has 0 fully saturated rings. The third-order valence-electron chi connectivity index (χ3n) is 3.47. The highest BCUT2D eigenvalue weighted by Crippen LogP contribution is 2.16. The first-order valence-corrected chi connectivity index (χ1v) is 7.31. The molecule has 1 rings (SSSR count). The molecule has 0 aliphatic heterocycles. The van der Waals surface area contributed by atoms with Crippen molar-refractivity contribution in [1.29, 1.82) is 0 Å². The summed E-state index contributed by atoms with van der Waals surface area (Å²) in [6.45, 7) is 10.4. The van der Waals surface area contributed by atoms with Crippen molar-refractivity contribution >= 4 is 11.6 Å². The SMILES string of the molecule is CCN(CC)c1ccc(C(=O)N(CCO)C(C)C)cc1. The molecule has 1 aromatic rings. The van der Waals surface area contributed by atoms with Crippen LogP contribution in [0.3, 0.4) is 0 Å². The Kier molecular flexibility index (Phi) is 6.52. The fourth-order valence-corrected chi connectivity index (χ4v) is 2.27. The average molecular weight is 278 g/mol. The topological polar surface area (TPSA) is 43.8 Å². The molecule has 112 valence electrons. The van der Waals surface area contributed by atoms with E-state index < -0.39 is 0 Å². The summed E-state index contributed by atoms with van der Waals surface area (Å²) in [7, 11) is 0. The lowest BCUT2D eigenvalue weighted by Gasteiger charge is -2.26. The summed E-state index contributed by atoms with van der Waals surface area (Å²) < 4.78 is 0. The molecular formula is C16H26N2O2. The molecule has 1 amide bonds. The van der Waals surface area contributed by atoms with E-state index in [0.29, 0.717) is 12.1 Å². The number of hydrogen-bond donors (Lipinski definition) is 1. The Balaban J connectivity index is 2.89. The van der Waals surface area contributed by atoms with Crippen LogP contribution in [-0.4, -0.2) is 48.2 Å². The zero-order valence-corrected chi connectivity index (χ0v) is 13.0. The minimum Gasteiger partial charge on any atom is -0.395 e. The van der Waals surface area contributed by atoms with Gasteiger partial charge >= 0.3 is 0 Å². The molecule has 0 spiro atoms. The summed E-state index contributed by atoms with van der Waals surface area (Å²) in [6, 6.07) is 7.78. The Hall–Kier alpha value is -1.55. The number of carbonyl (C=O) groups is 1. The Morgan fingerprint density at radius 1 is 1.15 bits per heavy atom. The molecule has 0 heterocycles. The van der Waals surface area contributed by atoms with E-state index in [1.807, 2.05) is 38.1 Å². The zero-order chi connectivity index (χ0) is 15.1. The van der Waals surface area contributed by atoms with Crippen LogP contribution in [0.1, 0.15) is 38.1 Å². The first kappa shape index (κ1) is 16.5. The highest BCUT2D eigenvalue weighted by atomic mass is 16.3. The second-order valence-corrected chi connectivity index (χ2v) is 5.04. The maximum Gasteiger partial charge on any atom is 0.254 e. The Morgan fingerprint density at radius 3 is 2.10 bits per heavy atom. The molecule has 20 heavy (non-hydrogen) atoms. The van der Waals surface area contributed by atoms with Crippen LogP contribution in [0.25, 0.3) is 0 Å². The van der Waals surface area contributed by atoms with Crippen LogP contribution >= 0.6 is 0 Å². The van der Waals surface area contributed by atoms with E-state index in [2.05, 4.69) is 18.7 Å². The second-order valence-electron chi connectivity index (χ2n) is 5.04. The normalized spacial score (nSPS) is 10.7. The van der Waals surface area contributed by atoms with Gasteiger partial charge in [-0.25, -0.2) is 0 Å². The van der Waals surface area contributed by atoms with Crippen molar-refractivity contribution in [2.24, 2.45) is 0 Å². The number of amides is 1. The van der Waals surface area contributed by atoms with Crippen LogP contribution in [0.4, 0.5) is 5.69 Å². The summed E-state index contributed by atoms with van der Waals surface area (Å²) in [5.41, 5.74) is 1.80. The molecule has 0 bridgehead atoms. The number of carbonyl (C=O) groups excluding carboxylic acids is 1. The molecule has 0 atom stereocenters. The number of aliphatic hydroxyl groups excluding tert-OH is 1. The average Bonchev–Trinajstić information content (AvgIpc) is 2.46. The smallest absolute Gasteiger partial charge is 0.254 e. The monoisotopic (exact) mass is 278 g/mol. The van der Waals surface area contributed by atoms with Crippen LogP contribution in [0.2, 0.25) is 0 Å². The van der Waals surface area contributed by atoms with Crippen LogP contribution < -0.4 is 4.90 Å². The predicted molar refractivity (Wildman–Crippen MR) is 83.3 cm³/mol. The molecule has 0 aromatic heterocycles. The maximum absolute atomic E-state index is 12.4. The Labute approximate surface area is 122 Å². The van der Waals surface area contributed by atoms with Gasteiger partial charge in [0.2, 0.25) is 0 Å². The molecule has 0 unspecified atom stereocenters. The van der Waals surface area contributed by atoms with E-state index in [1.165, 1.54) is 0 Å². The highest BCUT2D eigenvalue weighted by molar-refractivity contribution is 5.94. The quantitative estimate of drug-likeness (QED) is 0.833. The molecular weight excluding hydrogens is 252 g/mol. The van der Waals surface area contributed by atoms with E-state index in [9.17, 15) is 4.79 Å². The van der Waals surface area contributed by atoms with Gasteiger partial charge in [0.15, 0.2) is 0 Å². The predicted octanol–water partition coefficient (Wildman–Crippen LogP) is 2.38. The first-order chi connectivity index (χ1) is 9.54. The molecule has 4 heteroatoms. The van der Waals surface area contributed by atoms with Crippen molar-refractivity contribution in [2.45, 2.75) is 33.7 Å². The fourth-order valence-electron chi connectivity index (χ4n) is 2.27. The number of hydrogen-bond acceptors (Lipinski definition) is 3. The third kappa shape index (κ3) is 3.97. The van der Waals surface area contributed by atoms with Crippen molar-refractivity contribution in [3.8, 4) is 0 Å². The summed E-state index contributed by atoms with van der Waals surface area (Å²) in [6.07, 6.45) is 0. The molecule has 1 aromatic carbocycles. The summed E-state index contributed by atoms with van der Waals surface area (Å²) in [5.74, 6) is -0.0276. The van der Waals surface area contributed by atoms with Gasteiger partial charge in [0.25, 0.3) is 5.91 Å². The lowest BCUT2D eigenvalue weighted by atomic mass is 10.1. The van der Waals surface area contributed by atoms with Gasteiger partial charge in [0, 0.05) is 36.9 Å². The minimum atomic E-state index is -0.0276. The van der Waals surface area contributed by atoms with E-state index in [4.69, 9.17) is 5.11 Å². The lowest BCUT2D eigenvalue weighted by molar-refractivity contribution is 0.0665. The van der Waals surface area contributed by atoms with Gasteiger partial charge in [-0.15, -0.1) is 0 Å². The maximum atomic E-state index is 12.4. The van der Waals surface area contributed by atoms with Gasteiger partial charge in [-0.05, 0) is 52.0 Å². The molecule has 0 aliphatic carbocycles. The van der Waals surface area contributed by atoms with Crippen LogP contribution in [-0.2, 0) is 0 Å². The minimum absolute atomic E-state index is 0.0124. The third-order valence-corrected chi connectivity index (χ3v) is 3.47. The van der Waals surface area contributed by atoms with E-state index in [0.717, 1.165) is 18.8 Å². The van der Waals surface area contributed by atoms with Crippen molar-refractivity contribution in [1.82, 2.24) is 4.90 Å². The number of rotatable bonds is 7. The first-order valence-electron chi connectivity index (χ1n) is 7.31. The van der Waals surface area contributed by atoms with Gasteiger partial charge in [0.05, 0.1) is 6.61 Å². The Morgan fingerprint density at radius 2 is 1.70 bits per heavy atom. The summed E-state index contributed by atoms with van der Waals surface area (Å²) in [4.78, 5) is 16.3. The summed E-state index contributed by atoms with van der Waals surface area (Å²) >= 11 is 0.